The molecular formula is C12H17ClIN3O. The molecule has 1 fully saturated rings. The molecule has 2 rings (SSSR count). The Balaban J connectivity index is 0.00000162. The Bertz CT molecular complexity index is 416. The Hall–Kier alpha value is -0.370. The first-order valence-corrected chi connectivity index (χ1v) is 6.75. The van der Waals surface area contributed by atoms with Crippen LogP contribution in [0.2, 0.25) is 0 Å². The van der Waals surface area contributed by atoms with Gasteiger partial charge in [-0.2, -0.15) is 0 Å². The van der Waals surface area contributed by atoms with Crippen molar-refractivity contribution in [3.05, 3.63) is 27.8 Å². The summed E-state index contributed by atoms with van der Waals surface area (Å²) in [5.74, 6) is 0.0288. The third-order valence-corrected chi connectivity index (χ3v) is 3.46. The van der Waals surface area contributed by atoms with Crippen molar-refractivity contribution < 1.29 is 4.79 Å². The van der Waals surface area contributed by atoms with Crippen LogP contribution in [-0.2, 0) is 4.79 Å². The first-order valence-electron chi connectivity index (χ1n) is 5.67. The van der Waals surface area contributed by atoms with Crippen LogP contribution in [0.25, 0.3) is 0 Å². The molecule has 1 saturated heterocycles. The van der Waals surface area contributed by atoms with Crippen molar-refractivity contribution in [2.24, 2.45) is 5.73 Å². The van der Waals surface area contributed by atoms with Crippen molar-refractivity contribution in [2.75, 3.05) is 25.0 Å². The van der Waals surface area contributed by atoms with Crippen molar-refractivity contribution in [1.82, 2.24) is 4.90 Å². The lowest BCUT2D eigenvalue weighted by atomic mass is 10.3. The van der Waals surface area contributed by atoms with Gasteiger partial charge in [0.25, 0.3) is 0 Å². The number of hydrogen-bond donors (Lipinski definition) is 2. The van der Waals surface area contributed by atoms with Crippen LogP contribution in [0.3, 0.4) is 0 Å². The van der Waals surface area contributed by atoms with Gasteiger partial charge in [-0.1, -0.05) is 6.07 Å². The van der Waals surface area contributed by atoms with Crippen LogP contribution in [0, 0.1) is 3.57 Å². The molecule has 1 amide bonds. The smallest absolute Gasteiger partial charge is 0.238 e. The number of halogens is 2. The number of benzene rings is 1. The van der Waals surface area contributed by atoms with Gasteiger partial charge in [0.05, 0.1) is 6.54 Å². The first kappa shape index (κ1) is 15.7. The van der Waals surface area contributed by atoms with E-state index in [1.54, 1.807) is 0 Å². The maximum atomic E-state index is 11.8. The molecule has 1 aliphatic heterocycles. The van der Waals surface area contributed by atoms with E-state index in [-0.39, 0.29) is 24.4 Å². The molecule has 0 saturated carbocycles. The van der Waals surface area contributed by atoms with Gasteiger partial charge in [0.15, 0.2) is 0 Å². The lowest BCUT2D eigenvalue weighted by Crippen LogP contribution is -2.33. The molecule has 0 spiro atoms. The molecule has 1 aliphatic rings. The zero-order valence-corrected chi connectivity index (χ0v) is 12.9. The van der Waals surface area contributed by atoms with E-state index in [9.17, 15) is 4.79 Å². The molecule has 1 heterocycles. The average Bonchev–Trinajstić information content (AvgIpc) is 2.63. The van der Waals surface area contributed by atoms with Crippen LogP contribution in [0.5, 0.6) is 0 Å². The topological polar surface area (TPSA) is 58.4 Å². The highest BCUT2D eigenvalue weighted by atomic mass is 127. The second kappa shape index (κ2) is 7.28. The fourth-order valence-corrected chi connectivity index (χ4v) is 2.52. The molecule has 4 nitrogen and oxygen atoms in total. The summed E-state index contributed by atoms with van der Waals surface area (Å²) in [4.78, 5) is 13.9. The Morgan fingerprint density at radius 3 is 2.94 bits per heavy atom. The second-order valence-corrected chi connectivity index (χ2v) is 5.59. The van der Waals surface area contributed by atoms with Gasteiger partial charge in [-0.15, -0.1) is 12.4 Å². The van der Waals surface area contributed by atoms with Crippen molar-refractivity contribution in [1.29, 1.82) is 0 Å². The number of nitrogens with one attached hydrogen (secondary N) is 1. The molecule has 100 valence electrons. The van der Waals surface area contributed by atoms with E-state index in [1.165, 1.54) is 0 Å². The standard InChI is InChI=1S/C12H16IN3O.ClH/c13-9-2-1-3-11(6-9)15-12(17)8-16-5-4-10(14)7-16;/h1-3,6,10H,4-5,7-8,14H2,(H,15,17);1H/t10-;/m1./s1. The number of amides is 1. The van der Waals surface area contributed by atoms with Crippen molar-refractivity contribution >= 4 is 46.6 Å². The van der Waals surface area contributed by atoms with Crippen LogP contribution in [0.1, 0.15) is 6.42 Å². The van der Waals surface area contributed by atoms with Gasteiger partial charge >= 0.3 is 0 Å². The highest BCUT2D eigenvalue weighted by molar-refractivity contribution is 14.1. The van der Waals surface area contributed by atoms with E-state index < -0.39 is 0 Å². The Morgan fingerprint density at radius 1 is 1.56 bits per heavy atom. The van der Waals surface area contributed by atoms with Gasteiger partial charge in [-0.3, -0.25) is 9.69 Å². The largest absolute Gasteiger partial charge is 0.326 e. The second-order valence-electron chi connectivity index (χ2n) is 4.34. The number of carbonyl (C=O) groups excluding carboxylic acids is 1. The zero-order valence-electron chi connectivity index (χ0n) is 9.93. The molecule has 0 radical (unpaired) electrons. The number of anilines is 1. The SMILES string of the molecule is Cl.N[C@@H]1CCN(CC(=O)Nc2cccc(I)c2)C1. The summed E-state index contributed by atoms with van der Waals surface area (Å²) < 4.78 is 1.11. The molecule has 1 aromatic carbocycles. The minimum Gasteiger partial charge on any atom is -0.326 e. The lowest BCUT2D eigenvalue weighted by Gasteiger charge is -2.14. The monoisotopic (exact) mass is 381 g/mol. The van der Waals surface area contributed by atoms with Crippen LogP contribution in [0.15, 0.2) is 24.3 Å². The summed E-state index contributed by atoms with van der Waals surface area (Å²) in [6.07, 6.45) is 0.983. The number of nitrogens with two attached hydrogens (primary N) is 1. The summed E-state index contributed by atoms with van der Waals surface area (Å²) in [5, 5.41) is 2.90. The molecule has 0 unspecified atom stereocenters. The van der Waals surface area contributed by atoms with Crippen molar-refractivity contribution in [3.8, 4) is 0 Å². The van der Waals surface area contributed by atoms with Gasteiger partial charge in [-0.25, -0.2) is 0 Å². The Morgan fingerprint density at radius 2 is 2.33 bits per heavy atom. The third kappa shape index (κ3) is 4.72. The molecule has 1 aromatic rings. The maximum absolute atomic E-state index is 11.8. The maximum Gasteiger partial charge on any atom is 0.238 e. The molecule has 0 aromatic heterocycles. The van der Waals surface area contributed by atoms with Gasteiger partial charge in [-0.05, 0) is 47.2 Å². The van der Waals surface area contributed by atoms with Crippen LogP contribution >= 0.6 is 35.0 Å². The molecule has 0 bridgehead atoms. The summed E-state index contributed by atoms with van der Waals surface area (Å²) in [7, 11) is 0. The number of hydrogen-bond acceptors (Lipinski definition) is 3. The summed E-state index contributed by atoms with van der Waals surface area (Å²) >= 11 is 2.23. The number of nitrogens with zero attached hydrogens (tertiary/aromatic N) is 1. The van der Waals surface area contributed by atoms with Gasteiger partial charge < -0.3 is 11.1 Å². The molecule has 3 N–H and O–H groups in total. The quantitative estimate of drug-likeness (QED) is 0.783. The Kier molecular flexibility index (Phi) is 6.34. The normalized spacial score (nSPS) is 19.3. The fourth-order valence-electron chi connectivity index (χ4n) is 1.98. The average molecular weight is 382 g/mol. The van der Waals surface area contributed by atoms with E-state index in [1.807, 2.05) is 24.3 Å². The summed E-state index contributed by atoms with van der Waals surface area (Å²) in [5.41, 5.74) is 6.65. The predicted molar refractivity (Wildman–Crippen MR) is 84.1 cm³/mol. The third-order valence-electron chi connectivity index (χ3n) is 2.78. The number of likely N-dealkylation sites (tertiary alicyclic amines) is 1. The molecular weight excluding hydrogens is 365 g/mol. The molecule has 18 heavy (non-hydrogen) atoms. The Labute approximate surface area is 127 Å². The highest BCUT2D eigenvalue weighted by Crippen LogP contribution is 2.13. The van der Waals surface area contributed by atoms with E-state index >= 15 is 0 Å². The van der Waals surface area contributed by atoms with E-state index in [0.717, 1.165) is 28.8 Å². The van der Waals surface area contributed by atoms with Crippen LogP contribution < -0.4 is 11.1 Å². The minimum absolute atomic E-state index is 0. The minimum atomic E-state index is 0. The predicted octanol–water partition coefficient (Wildman–Crippen LogP) is 1.68. The summed E-state index contributed by atoms with van der Waals surface area (Å²) in [6, 6.07) is 8.00. The van der Waals surface area contributed by atoms with Gasteiger partial charge in [0.1, 0.15) is 0 Å². The number of carbonyl (C=O) groups is 1. The van der Waals surface area contributed by atoms with Crippen LogP contribution in [-0.4, -0.2) is 36.5 Å². The highest BCUT2D eigenvalue weighted by Gasteiger charge is 2.20. The zero-order chi connectivity index (χ0) is 12.3. The van der Waals surface area contributed by atoms with E-state index in [2.05, 4.69) is 32.8 Å². The van der Waals surface area contributed by atoms with Crippen LogP contribution in [0.4, 0.5) is 5.69 Å². The van der Waals surface area contributed by atoms with Crippen molar-refractivity contribution in [2.45, 2.75) is 12.5 Å². The van der Waals surface area contributed by atoms with Gasteiger partial charge in [0, 0.05) is 28.4 Å². The molecule has 0 aliphatic carbocycles. The lowest BCUT2D eigenvalue weighted by molar-refractivity contribution is -0.117. The number of rotatable bonds is 3. The summed E-state index contributed by atoms with van der Waals surface area (Å²) in [6.45, 7) is 2.17. The fraction of sp³-hybridized carbons (Fsp3) is 0.417. The van der Waals surface area contributed by atoms with E-state index in [0.29, 0.717) is 6.54 Å². The van der Waals surface area contributed by atoms with Gasteiger partial charge in [0.2, 0.25) is 5.91 Å². The molecule has 6 heteroatoms. The first-order chi connectivity index (χ1) is 8.13. The van der Waals surface area contributed by atoms with E-state index in [4.69, 9.17) is 5.73 Å². The molecule has 1 atom stereocenters. The van der Waals surface area contributed by atoms with Crippen molar-refractivity contribution in [3.63, 3.8) is 0 Å².